The van der Waals surface area contributed by atoms with Crippen LogP contribution in [0.15, 0.2) is 42.6 Å². The summed E-state index contributed by atoms with van der Waals surface area (Å²) in [6.07, 6.45) is 2.60. The number of ether oxygens (including phenoxy) is 3. The molecule has 0 spiro atoms. The molecule has 42 heavy (non-hydrogen) atoms. The van der Waals surface area contributed by atoms with E-state index in [-0.39, 0.29) is 48.0 Å². The summed E-state index contributed by atoms with van der Waals surface area (Å²) in [7, 11) is -0.443. The van der Waals surface area contributed by atoms with Crippen molar-refractivity contribution in [1.82, 2.24) is 24.9 Å². The number of hydrogen-bond acceptors (Lipinski definition) is 8. The summed E-state index contributed by atoms with van der Waals surface area (Å²) in [4.78, 5) is 33.7. The van der Waals surface area contributed by atoms with E-state index >= 15 is 0 Å². The largest absolute Gasteiger partial charge is 0.487 e. The molecule has 1 aromatic carbocycles. The van der Waals surface area contributed by atoms with Crippen molar-refractivity contribution >= 4 is 23.3 Å². The Morgan fingerprint density at radius 3 is 2.71 bits per heavy atom. The second-order valence-electron chi connectivity index (χ2n) is 10.3. The SMILES string of the molecule is [2H]COc1nc(C)c(-c2ccc3nc(NC(C)=O)cn3n2)cc1C(=O)NCc1cccc(F)c1OC1C[C@@H](C)O[C@@H](C)C1. The van der Waals surface area contributed by atoms with Crippen LogP contribution in [-0.4, -0.2) is 56.8 Å². The van der Waals surface area contributed by atoms with Gasteiger partial charge in [0.2, 0.25) is 11.8 Å². The molecule has 1 saturated heterocycles. The van der Waals surface area contributed by atoms with Gasteiger partial charge in [0, 0.05) is 37.4 Å². The average Bonchev–Trinajstić information content (AvgIpc) is 3.34. The maximum absolute atomic E-state index is 14.9. The van der Waals surface area contributed by atoms with E-state index in [2.05, 4.69) is 25.7 Å². The first kappa shape index (κ1) is 27.6. The van der Waals surface area contributed by atoms with Gasteiger partial charge < -0.3 is 24.8 Å². The Kier molecular flexibility index (Phi) is 7.95. The number of halogens is 1. The zero-order chi connectivity index (χ0) is 30.7. The zero-order valence-electron chi connectivity index (χ0n) is 24.8. The second-order valence-corrected chi connectivity index (χ2v) is 10.3. The number of benzene rings is 1. The van der Waals surface area contributed by atoms with Crippen molar-refractivity contribution in [2.75, 3.05) is 12.4 Å². The molecule has 0 saturated carbocycles. The molecule has 2 amide bonds. The molecule has 1 unspecified atom stereocenters. The van der Waals surface area contributed by atoms with E-state index in [1.54, 1.807) is 43.5 Å². The molecule has 3 aromatic heterocycles. The normalized spacial score (nSPS) is 18.8. The van der Waals surface area contributed by atoms with Crippen LogP contribution < -0.4 is 20.1 Å². The lowest BCUT2D eigenvalue weighted by molar-refractivity contribution is -0.114. The lowest BCUT2D eigenvalue weighted by atomic mass is 10.0. The summed E-state index contributed by atoms with van der Waals surface area (Å²) in [6, 6.07) is 9.64. The van der Waals surface area contributed by atoms with Gasteiger partial charge in [-0.3, -0.25) is 9.59 Å². The summed E-state index contributed by atoms with van der Waals surface area (Å²) >= 11 is 0. The number of methoxy groups -OCH3 is 1. The predicted molar refractivity (Wildman–Crippen MR) is 153 cm³/mol. The molecule has 12 heteroatoms. The van der Waals surface area contributed by atoms with Crippen molar-refractivity contribution in [3.8, 4) is 22.9 Å². The molecule has 1 aliphatic rings. The molecule has 4 aromatic rings. The Labute approximate surface area is 243 Å². The topological polar surface area (TPSA) is 129 Å². The van der Waals surface area contributed by atoms with Gasteiger partial charge in [0.1, 0.15) is 11.7 Å². The van der Waals surface area contributed by atoms with E-state index in [0.717, 1.165) is 0 Å². The molecule has 220 valence electrons. The first-order chi connectivity index (χ1) is 20.6. The number of carbonyl (C=O) groups excluding carboxylic acids is 2. The van der Waals surface area contributed by atoms with Gasteiger partial charge in [0.25, 0.3) is 5.91 Å². The number of hydrogen-bond donors (Lipinski definition) is 2. The Bertz CT molecular complexity index is 1650. The summed E-state index contributed by atoms with van der Waals surface area (Å²) in [6.45, 7) is 7.03. The van der Waals surface area contributed by atoms with Crippen LogP contribution in [0.1, 0.15) is 56.6 Å². The standard InChI is InChI=1S/C30H33FN6O5/c1-16-11-21(12-17(2)41-16)42-28-20(7-6-8-24(28)31)14-32-29(39)23-13-22(18(3)33-30(23)40-5)25-9-10-27-35-26(34-19(4)38)15-37(27)36-25/h6-10,13,15-17,21H,11-12,14H2,1-5H3,(H,32,39)(H,34,38)/t16-,17+,21?/i5D. The third-order valence-corrected chi connectivity index (χ3v) is 6.89. The van der Waals surface area contributed by atoms with Crippen molar-refractivity contribution in [2.24, 2.45) is 0 Å². The number of pyridine rings is 1. The predicted octanol–water partition coefficient (Wildman–Crippen LogP) is 4.47. The molecule has 0 aliphatic carbocycles. The fourth-order valence-electron chi connectivity index (χ4n) is 5.08. The van der Waals surface area contributed by atoms with Crippen LogP contribution in [0.5, 0.6) is 11.6 Å². The Hall–Kier alpha value is -4.58. The van der Waals surface area contributed by atoms with Crippen molar-refractivity contribution in [2.45, 2.75) is 65.4 Å². The van der Waals surface area contributed by atoms with Crippen LogP contribution in [-0.2, 0) is 16.1 Å². The Morgan fingerprint density at radius 2 is 1.98 bits per heavy atom. The number of fused-ring (bicyclic) bond motifs is 1. The first-order valence-corrected chi connectivity index (χ1v) is 13.6. The van der Waals surface area contributed by atoms with E-state index in [1.807, 2.05) is 13.8 Å². The van der Waals surface area contributed by atoms with Gasteiger partial charge in [-0.25, -0.2) is 18.9 Å². The number of para-hydroxylation sites is 1. The molecule has 11 nitrogen and oxygen atoms in total. The lowest BCUT2D eigenvalue weighted by Crippen LogP contribution is -2.36. The molecule has 4 heterocycles. The summed E-state index contributed by atoms with van der Waals surface area (Å²) in [5.74, 6) is -0.861. The van der Waals surface area contributed by atoms with Crippen LogP contribution >= 0.6 is 0 Å². The van der Waals surface area contributed by atoms with Crippen LogP contribution in [0.3, 0.4) is 0 Å². The van der Waals surface area contributed by atoms with Crippen LogP contribution in [0.4, 0.5) is 10.2 Å². The molecule has 0 radical (unpaired) electrons. The quantitative estimate of drug-likeness (QED) is 0.314. The third-order valence-electron chi connectivity index (χ3n) is 6.89. The molecule has 1 fully saturated rings. The van der Waals surface area contributed by atoms with Gasteiger partial charge in [0.05, 0.1) is 38.2 Å². The van der Waals surface area contributed by atoms with E-state index in [9.17, 15) is 14.0 Å². The van der Waals surface area contributed by atoms with Crippen molar-refractivity contribution < 1.29 is 29.6 Å². The number of aromatic nitrogens is 4. The van der Waals surface area contributed by atoms with Gasteiger partial charge in [-0.2, -0.15) is 5.10 Å². The maximum Gasteiger partial charge on any atom is 0.257 e. The van der Waals surface area contributed by atoms with Crippen LogP contribution in [0.25, 0.3) is 16.9 Å². The lowest BCUT2D eigenvalue weighted by Gasteiger charge is -2.32. The number of nitrogens with one attached hydrogen (secondary N) is 2. The molecule has 0 bridgehead atoms. The number of anilines is 1. The Balaban J connectivity index is 1.40. The van der Waals surface area contributed by atoms with Gasteiger partial charge in [-0.15, -0.1) is 0 Å². The van der Waals surface area contributed by atoms with Gasteiger partial charge in [-0.05, 0) is 45.0 Å². The fourth-order valence-corrected chi connectivity index (χ4v) is 5.08. The van der Waals surface area contributed by atoms with E-state index in [4.69, 9.17) is 15.6 Å². The maximum atomic E-state index is 14.9. The van der Waals surface area contributed by atoms with Crippen molar-refractivity contribution in [3.05, 3.63) is 65.2 Å². The number of aryl methyl sites for hydroxylation is 1. The van der Waals surface area contributed by atoms with Crippen LogP contribution in [0.2, 0.25) is 0 Å². The molecule has 2 N–H and O–H groups in total. The summed E-state index contributed by atoms with van der Waals surface area (Å²) in [5.41, 5.74) is 2.65. The first-order valence-electron chi connectivity index (χ1n) is 14.3. The molecular weight excluding hydrogens is 543 g/mol. The third kappa shape index (κ3) is 6.33. The van der Waals surface area contributed by atoms with E-state index < -0.39 is 18.8 Å². The Morgan fingerprint density at radius 1 is 1.19 bits per heavy atom. The minimum absolute atomic E-state index is 0.00806. The average molecular weight is 578 g/mol. The van der Waals surface area contributed by atoms with E-state index in [0.29, 0.717) is 46.8 Å². The highest BCUT2D eigenvalue weighted by molar-refractivity contribution is 5.97. The second kappa shape index (κ2) is 12.1. The minimum atomic E-state index is -0.530. The van der Waals surface area contributed by atoms with Gasteiger partial charge in [0.15, 0.2) is 23.0 Å². The van der Waals surface area contributed by atoms with Crippen molar-refractivity contribution in [1.29, 1.82) is 0 Å². The summed E-state index contributed by atoms with van der Waals surface area (Å²) in [5, 5.41) is 10.0. The summed E-state index contributed by atoms with van der Waals surface area (Å²) < 4.78 is 41.2. The monoisotopic (exact) mass is 577 g/mol. The smallest absolute Gasteiger partial charge is 0.257 e. The van der Waals surface area contributed by atoms with Crippen molar-refractivity contribution in [3.63, 3.8) is 0 Å². The molecule has 3 atom stereocenters. The fraction of sp³-hybridized carbons (Fsp3) is 0.367. The number of carbonyl (C=O) groups is 2. The highest BCUT2D eigenvalue weighted by Crippen LogP contribution is 2.30. The molecular formula is C30H33FN6O5. The number of rotatable bonds is 8. The molecule has 5 rings (SSSR count). The van der Waals surface area contributed by atoms with E-state index in [1.165, 1.54) is 17.5 Å². The number of nitrogens with zero attached hydrogens (tertiary/aromatic N) is 4. The highest BCUT2D eigenvalue weighted by Gasteiger charge is 2.27. The number of imidazole rings is 1. The van der Waals surface area contributed by atoms with Gasteiger partial charge in [-0.1, -0.05) is 12.1 Å². The molecule has 1 aliphatic heterocycles. The number of amides is 2. The van der Waals surface area contributed by atoms with Gasteiger partial charge >= 0.3 is 0 Å². The zero-order valence-corrected chi connectivity index (χ0v) is 23.8. The minimum Gasteiger partial charge on any atom is -0.487 e. The van der Waals surface area contributed by atoms with Crippen LogP contribution in [0, 0.1) is 12.7 Å². The highest BCUT2D eigenvalue weighted by atomic mass is 19.1.